The lowest BCUT2D eigenvalue weighted by molar-refractivity contribution is -0.137. The van der Waals surface area contributed by atoms with E-state index in [1.165, 1.54) is 0 Å². The first-order chi connectivity index (χ1) is 15.8. The van der Waals surface area contributed by atoms with Gasteiger partial charge in [0, 0.05) is 23.8 Å². The second kappa shape index (κ2) is 14.9. The van der Waals surface area contributed by atoms with Crippen molar-refractivity contribution in [2.24, 2.45) is 5.92 Å². The molecule has 0 radical (unpaired) electrons. The van der Waals surface area contributed by atoms with Crippen molar-refractivity contribution < 1.29 is 30.0 Å². The number of aliphatic hydroxyl groups excluding tert-OH is 2. The Kier molecular flexibility index (Phi) is 12.6. The smallest absolute Gasteiger partial charge is 0.303 e. The number of aliphatic carboxylic acids is 1. The van der Waals surface area contributed by atoms with Crippen LogP contribution in [0.5, 0.6) is 5.75 Å². The van der Waals surface area contributed by atoms with Gasteiger partial charge in [0.25, 0.3) is 0 Å². The number of ether oxygens (including phenoxy) is 1. The molecule has 1 aromatic rings. The minimum atomic E-state index is -0.996. The highest BCUT2D eigenvalue weighted by Crippen LogP contribution is 2.40. The average Bonchev–Trinajstić information content (AvgIpc) is 3.06. The fourth-order valence-corrected chi connectivity index (χ4v) is 6.17. The maximum Gasteiger partial charge on any atom is 0.303 e. The van der Waals surface area contributed by atoms with Crippen molar-refractivity contribution in [3.8, 4) is 5.75 Å². The normalized spacial score (nSPS) is 24.5. The van der Waals surface area contributed by atoms with E-state index < -0.39 is 23.8 Å². The summed E-state index contributed by atoms with van der Waals surface area (Å²) >= 11 is 1.56. The van der Waals surface area contributed by atoms with E-state index in [1.807, 2.05) is 30.3 Å². The number of carbonyl (C=O) groups is 1. The summed E-state index contributed by atoms with van der Waals surface area (Å²) in [5.74, 6) is 0.406. The number of para-hydroxylation sites is 1. The van der Waals surface area contributed by atoms with Crippen molar-refractivity contribution in [1.29, 1.82) is 0 Å². The third-order valence-electron chi connectivity index (χ3n) is 6.50. The Morgan fingerprint density at radius 1 is 1.06 bits per heavy atom. The first kappa shape index (κ1) is 28.0. The lowest BCUT2D eigenvalue weighted by Crippen LogP contribution is -2.40. The molecule has 1 saturated carbocycles. The van der Waals surface area contributed by atoms with E-state index in [2.05, 4.69) is 6.92 Å². The van der Waals surface area contributed by atoms with Crippen LogP contribution in [0.1, 0.15) is 77.6 Å². The molecular formula is C26H42O6S. The number of hydrogen-bond acceptors (Lipinski definition) is 6. The van der Waals surface area contributed by atoms with E-state index in [9.17, 15) is 20.1 Å². The number of rotatable bonds is 17. The lowest BCUT2D eigenvalue weighted by atomic mass is 9.97. The zero-order valence-electron chi connectivity index (χ0n) is 19.9. The quantitative estimate of drug-likeness (QED) is 0.240. The molecule has 1 aliphatic rings. The van der Waals surface area contributed by atoms with Crippen molar-refractivity contribution >= 4 is 17.7 Å². The summed E-state index contributed by atoms with van der Waals surface area (Å²) in [4.78, 5) is 10.6. The molecule has 0 amide bonds. The van der Waals surface area contributed by atoms with Gasteiger partial charge in [0.15, 0.2) is 0 Å². The zero-order chi connectivity index (χ0) is 24.1. The van der Waals surface area contributed by atoms with Gasteiger partial charge in [0.05, 0.1) is 12.2 Å². The number of thioether (sulfide) groups is 1. The highest BCUT2D eigenvalue weighted by molar-refractivity contribution is 8.00. The molecule has 33 heavy (non-hydrogen) atoms. The maximum atomic E-state index is 11.4. The van der Waals surface area contributed by atoms with Gasteiger partial charge in [-0.3, -0.25) is 4.79 Å². The Balaban J connectivity index is 1.89. The number of benzene rings is 1. The molecule has 7 heteroatoms. The molecule has 5 atom stereocenters. The van der Waals surface area contributed by atoms with E-state index in [1.54, 1.807) is 11.8 Å². The molecule has 0 aromatic heterocycles. The standard InChI is InChI=1S/C26H42O6S/c1-2-3-11-16-26(31,18-32-20-12-7-6-8-13-20)19-33-25-21(22(27)17-23(25)28)14-9-4-5-10-15-24(29)30/h6-8,12-13,21-23,25,27-28,31H,2-5,9-11,14-19H2,1H3,(H,29,30)/t21-,22?,23?,25+,26?/m0/s1. The molecule has 3 unspecified atom stereocenters. The van der Waals surface area contributed by atoms with Gasteiger partial charge in [-0.25, -0.2) is 0 Å². The highest BCUT2D eigenvalue weighted by Gasteiger charge is 2.43. The van der Waals surface area contributed by atoms with Crippen molar-refractivity contribution in [3.05, 3.63) is 30.3 Å². The van der Waals surface area contributed by atoms with Crippen LogP contribution < -0.4 is 4.74 Å². The second-order valence-electron chi connectivity index (χ2n) is 9.44. The van der Waals surface area contributed by atoms with Crippen LogP contribution in [0.4, 0.5) is 0 Å². The molecule has 0 heterocycles. The molecule has 2 rings (SSSR count). The van der Waals surface area contributed by atoms with Crippen molar-refractivity contribution in [3.63, 3.8) is 0 Å². The predicted octanol–water partition coefficient (Wildman–Crippen LogP) is 4.65. The van der Waals surface area contributed by atoms with Gasteiger partial charge in [-0.2, -0.15) is 11.8 Å². The number of carboxylic acids is 1. The van der Waals surface area contributed by atoms with E-state index in [0.29, 0.717) is 25.0 Å². The van der Waals surface area contributed by atoms with Crippen LogP contribution in [-0.4, -0.2) is 61.8 Å². The van der Waals surface area contributed by atoms with Crippen LogP contribution in [0.2, 0.25) is 0 Å². The molecule has 0 aliphatic heterocycles. The largest absolute Gasteiger partial charge is 0.491 e. The summed E-state index contributed by atoms with van der Waals surface area (Å²) in [5.41, 5.74) is -0.996. The molecule has 1 aliphatic carbocycles. The second-order valence-corrected chi connectivity index (χ2v) is 10.6. The fraction of sp³-hybridized carbons (Fsp3) is 0.731. The van der Waals surface area contributed by atoms with Crippen LogP contribution >= 0.6 is 11.8 Å². The molecule has 1 aromatic carbocycles. The van der Waals surface area contributed by atoms with Crippen molar-refractivity contribution in [1.82, 2.24) is 0 Å². The summed E-state index contributed by atoms with van der Waals surface area (Å²) in [5, 5.41) is 41.1. The number of carboxylic acid groups (broad SMARTS) is 1. The average molecular weight is 483 g/mol. The maximum absolute atomic E-state index is 11.4. The number of unbranched alkanes of at least 4 members (excludes halogenated alkanes) is 5. The minimum absolute atomic E-state index is 0.0144. The van der Waals surface area contributed by atoms with Gasteiger partial charge >= 0.3 is 5.97 Å². The van der Waals surface area contributed by atoms with Crippen LogP contribution in [0.25, 0.3) is 0 Å². The van der Waals surface area contributed by atoms with Gasteiger partial charge in [-0.15, -0.1) is 0 Å². The Bertz CT molecular complexity index is 672. The molecule has 0 bridgehead atoms. The lowest BCUT2D eigenvalue weighted by Gasteiger charge is -2.31. The van der Waals surface area contributed by atoms with Crippen LogP contribution in [0.15, 0.2) is 30.3 Å². The monoisotopic (exact) mass is 482 g/mol. The van der Waals surface area contributed by atoms with E-state index in [4.69, 9.17) is 9.84 Å². The van der Waals surface area contributed by atoms with Crippen molar-refractivity contribution in [2.45, 2.75) is 101 Å². The predicted molar refractivity (Wildman–Crippen MR) is 133 cm³/mol. The topological polar surface area (TPSA) is 107 Å². The van der Waals surface area contributed by atoms with Crippen LogP contribution in [-0.2, 0) is 4.79 Å². The summed E-state index contributed by atoms with van der Waals surface area (Å²) in [6.07, 6.45) is 7.30. The summed E-state index contributed by atoms with van der Waals surface area (Å²) < 4.78 is 5.89. The van der Waals surface area contributed by atoms with E-state index >= 15 is 0 Å². The number of hydrogen-bond donors (Lipinski definition) is 4. The molecule has 188 valence electrons. The van der Waals surface area contributed by atoms with Crippen LogP contribution in [0, 0.1) is 5.92 Å². The van der Waals surface area contributed by atoms with Crippen molar-refractivity contribution in [2.75, 3.05) is 12.4 Å². The summed E-state index contributed by atoms with van der Waals surface area (Å²) in [6.45, 7) is 2.34. The Labute approximate surface area is 202 Å². The molecular weight excluding hydrogens is 440 g/mol. The minimum Gasteiger partial charge on any atom is -0.491 e. The van der Waals surface area contributed by atoms with Crippen LogP contribution in [0.3, 0.4) is 0 Å². The summed E-state index contributed by atoms with van der Waals surface area (Å²) in [7, 11) is 0. The summed E-state index contributed by atoms with van der Waals surface area (Å²) in [6, 6.07) is 9.49. The van der Waals surface area contributed by atoms with E-state index in [0.717, 1.165) is 50.7 Å². The van der Waals surface area contributed by atoms with Gasteiger partial charge in [0.2, 0.25) is 0 Å². The third-order valence-corrected chi connectivity index (χ3v) is 8.25. The first-order valence-corrected chi connectivity index (χ1v) is 13.5. The zero-order valence-corrected chi connectivity index (χ0v) is 20.7. The third kappa shape index (κ3) is 10.3. The Hall–Kier alpha value is -1.28. The van der Waals surface area contributed by atoms with Gasteiger partial charge in [-0.05, 0) is 37.3 Å². The van der Waals surface area contributed by atoms with Gasteiger partial charge in [-0.1, -0.05) is 63.6 Å². The molecule has 6 nitrogen and oxygen atoms in total. The Morgan fingerprint density at radius 2 is 1.79 bits per heavy atom. The first-order valence-electron chi connectivity index (χ1n) is 12.4. The SMILES string of the molecule is CCCCCC(O)(COc1ccccc1)CS[C@H]1C(O)CC(O)[C@@H]1CCCCCCC(=O)O. The van der Waals surface area contributed by atoms with Gasteiger partial charge in [0.1, 0.15) is 18.0 Å². The fourth-order valence-electron chi connectivity index (χ4n) is 4.54. The number of aliphatic hydroxyl groups is 3. The molecule has 0 saturated heterocycles. The highest BCUT2D eigenvalue weighted by atomic mass is 32.2. The Morgan fingerprint density at radius 3 is 2.48 bits per heavy atom. The molecule has 0 spiro atoms. The molecule has 1 fully saturated rings. The van der Waals surface area contributed by atoms with Gasteiger partial charge < -0.3 is 25.2 Å². The molecule has 4 N–H and O–H groups in total. The van der Waals surface area contributed by atoms with E-state index in [-0.39, 0.29) is 24.2 Å².